The number of ether oxygens (including phenoxy) is 2. The van der Waals surface area contributed by atoms with Crippen molar-refractivity contribution in [3.05, 3.63) is 77.9 Å². The number of hydrogen-bond donors (Lipinski definition) is 1. The minimum absolute atomic E-state index is 0.0805. The Kier molecular flexibility index (Phi) is 6.98. The van der Waals surface area contributed by atoms with Gasteiger partial charge in [0.25, 0.3) is 5.91 Å². The van der Waals surface area contributed by atoms with E-state index in [4.69, 9.17) is 9.47 Å². The van der Waals surface area contributed by atoms with Crippen LogP contribution in [0.15, 0.2) is 66.7 Å². The van der Waals surface area contributed by atoms with Gasteiger partial charge in [-0.3, -0.25) is 14.5 Å². The lowest BCUT2D eigenvalue weighted by Gasteiger charge is -2.25. The van der Waals surface area contributed by atoms with Gasteiger partial charge >= 0.3 is 0 Å². The van der Waals surface area contributed by atoms with Crippen molar-refractivity contribution in [1.29, 1.82) is 0 Å². The van der Waals surface area contributed by atoms with Gasteiger partial charge in [-0.05, 0) is 54.1 Å². The predicted octanol–water partition coefficient (Wildman–Crippen LogP) is 4.80. The maximum atomic E-state index is 12.8. The lowest BCUT2D eigenvalue weighted by atomic mass is 10.1. The van der Waals surface area contributed by atoms with Gasteiger partial charge in [0.1, 0.15) is 16.9 Å². The van der Waals surface area contributed by atoms with E-state index in [-0.39, 0.29) is 17.2 Å². The standard InChI is InChI=1S/C26H27N3O4S/c1-28(2)20-9-11-21(12-10-20)29-24(30)16-34-26(29)17-5-7-19(8-6-17)27-25(31)18-13-22(32-3)15-23(14-18)33-4/h5-15,26H,16H2,1-4H3,(H,27,31). The van der Waals surface area contributed by atoms with E-state index in [9.17, 15) is 9.59 Å². The average Bonchev–Trinajstić information content (AvgIpc) is 3.25. The first-order chi connectivity index (χ1) is 16.4. The molecule has 1 aliphatic rings. The number of methoxy groups -OCH3 is 2. The van der Waals surface area contributed by atoms with Crippen LogP contribution in [0.2, 0.25) is 0 Å². The molecule has 1 saturated heterocycles. The van der Waals surface area contributed by atoms with Gasteiger partial charge in [-0.1, -0.05) is 12.1 Å². The summed E-state index contributed by atoms with van der Waals surface area (Å²) in [5.74, 6) is 1.33. The van der Waals surface area contributed by atoms with Gasteiger partial charge in [-0.15, -0.1) is 11.8 Å². The Bertz CT molecular complexity index is 1160. The first kappa shape index (κ1) is 23.5. The van der Waals surface area contributed by atoms with E-state index in [1.54, 1.807) is 44.2 Å². The fraction of sp³-hybridized carbons (Fsp3) is 0.231. The van der Waals surface area contributed by atoms with Crippen LogP contribution >= 0.6 is 11.8 Å². The third-order valence-corrected chi connectivity index (χ3v) is 6.79. The zero-order chi connectivity index (χ0) is 24.2. The molecule has 4 rings (SSSR count). The highest BCUT2D eigenvalue weighted by molar-refractivity contribution is 8.00. The number of benzene rings is 3. The zero-order valence-electron chi connectivity index (χ0n) is 19.6. The Balaban J connectivity index is 1.50. The molecular formula is C26H27N3O4S. The van der Waals surface area contributed by atoms with Crippen molar-refractivity contribution in [2.24, 2.45) is 0 Å². The summed E-state index contributed by atoms with van der Waals surface area (Å²) in [6, 6.07) is 20.6. The number of amides is 2. The van der Waals surface area contributed by atoms with Crippen LogP contribution in [0, 0.1) is 0 Å². The summed E-state index contributed by atoms with van der Waals surface area (Å²) in [7, 11) is 7.06. The molecular weight excluding hydrogens is 450 g/mol. The lowest BCUT2D eigenvalue weighted by Crippen LogP contribution is -2.27. The third kappa shape index (κ3) is 4.97. The number of carbonyl (C=O) groups excluding carboxylic acids is 2. The van der Waals surface area contributed by atoms with Crippen molar-refractivity contribution in [3.8, 4) is 11.5 Å². The van der Waals surface area contributed by atoms with Gasteiger partial charge in [-0.25, -0.2) is 0 Å². The van der Waals surface area contributed by atoms with Gasteiger partial charge in [0.15, 0.2) is 0 Å². The van der Waals surface area contributed by atoms with E-state index in [0.29, 0.717) is 28.5 Å². The molecule has 0 saturated carbocycles. The second-order valence-corrected chi connectivity index (χ2v) is 9.08. The maximum absolute atomic E-state index is 12.8. The van der Waals surface area contributed by atoms with Crippen molar-refractivity contribution in [2.45, 2.75) is 5.37 Å². The number of rotatable bonds is 7. The van der Waals surface area contributed by atoms with E-state index < -0.39 is 0 Å². The molecule has 7 nitrogen and oxygen atoms in total. The number of anilines is 3. The van der Waals surface area contributed by atoms with Crippen LogP contribution in [0.5, 0.6) is 11.5 Å². The molecule has 1 atom stereocenters. The molecule has 0 aliphatic carbocycles. The monoisotopic (exact) mass is 477 g/mol. The highest BCUT2D eigenvalue weighted by Crippen LogP contribution is 2.42. The molecule has 0 radical (unpaired) electrons. The minimum atomic E-state index is -0.266. The fourth-order valence-electron chi connectivity index (χ4n) is 3.73. The molecule has 2 amide bonds. The molecule has 1 aliphatic heterocycles. The maximum Gasteiger partial charge on any atom is 0.255 e. The first-order valence-electron chi connectivity index (χ1n) is 10.7. The van der Waals surface area contributed by atoms with E-state index in [2.05, 4.69) is 5.32 Å². The zero-order valence-corrected chi connectivity index (χ0v) is 20.4. The molecule has 34 heavy (non-hydrogen) atoms. The topological polar surface area (TPSA) is 71.1 Å². The number of nitrogens with one attached hydrogen (secondary N) is 1. The molecule has 3 aromatic rings. The SMILES string of the molecule is COc1cc(OC)cc(C(=O)Nc2ccc(C3SCC(=O)N3c3ccc(N(C)C)cc3)cc2)c1. The Morgan fingerprint density at radius 3 is 2.15 bits per heavy atom. The number of thioether (sulfide) groups is 1. The molecule has 3 aromatic carbocycles. The molecule has 0 bridgehead atoms. The summed E-state index contributed by atoms with van der Waals surface area (Å²) in [6.07, 6.45) is 0. The number of nitrogens with zero attached hydrogens (tertiary/aromatic N) is 2. The molecule has 1 unspecified atom stereocenters. The van der Waals surface area contributed by atoms with Crippen molar-refractivity contribution < 1.29 is 19.1 Å². The van der Waals surface area contributed by atoms with Gasteiger partial charge in [0.2, 0.25) is 5.91 Å². The Morgan fingerprint density at radius 1 is 0.971 bits per heavy atom. The van der Waals surface area contributed by atoms with E-state index in [1.807, 2.05) is 72.4 Å². The quantitative estimate of drug-likeness (QED) is 0.527. The highest BCUT2D eigenvalue weighted by Gasteiger charge is 2.34. The van der Waals surface area contributed by atoms with E-state index >= 15 is 0 Å². The first-order valence-corrected chi connectivity index (χ1v) is 11.8. The largest absolute Gasteiger partial charge is 0.497 e. The Hall–Kier alpha value is -3.65. The van der Waals surface area contributed by atoms with Crippen LogP contribution in [0.25, 0.3) is 0 Å². The second-order valence-electron chi connectivity index (χ2n) is 8.02. The van der Waals surface area contributed by atoms with Crippen LogP contribution in [-0.4, -0.2) is 45.9 Å². The summed E-state index contributed by atoms with van der Waals surface area (Å²) < 4.78 is 10.5. The summed E-state index contributed by atoms with van der Waals surface area (Å²) in [4.78, 5) is 29.3. The summed E-state index contributed by atoms with van der Waals surface area (Å²) >= 11 is 1.59. The molecule has 8 heteroatoms. The number of hydrogen-bond acceptors (Lipinski definition) is 6. The van der Waals surface area contributed by atoms with Gasteiger partial charge in [0.05, 0.1) is 20.0 Å². The smallest absolute Gasteiger partial charge is 0.255 e. The fourth-order valence-corrected chi connectivity index (χ4v) is 4.91. The van der Waals surface area contributed by atoms with Crippen molar-refractivity contribution in [3.63, 3.8) is 0 Å². The summed E-state index contributed by atoms with van der Waals surface area (Å²) in [6.45, 7) is 0. The van der Waals surface area contributed by atoms with Gasteiger partial charge in [0, 0.05) is 42.8 Å². The molecule has 176 valence electrons. The Morgan fingerprint density at radius 2 is 1.59 bits per heavy atom. The average molecular weight is 478 g/mol. The highest BCUT2D eigenvalue weighted by atomic mass is 32.2. The minimum Gasteiger partial charge on any atom is -0.497 e. The molecule has 0 aromatic heterocycles. The molecule has 1 heterocycles. The van der Waals surface area contributed by atoms with Crippen LogP contribution in [0.4, 0.5) is 17.1 Å². The molecule has 0 spiro atoms. The lowest BCUT2D eigenvalue weighted by molar-refractivity contribution is -0.115. The van der Waals surface area contributed by atoms with Crippen LogP contribution in [-0.2, 0) is 4.79 Å². The number of carbonyl (C=O) groups is 2. The van der Waals surface area contributed by atoms with Gasteiger partial charge in [-0.2, -0.15) is 0 Å². The third-order valence-electron chi connectivity index (χ3n) is 5.58. The van der Waals surface area contributed by atoms with E-state index in [0.717, 1.165) is 16.9 Å². The van der Waals surface area contributed by atoms with Crippen LogP contribution in [0.1, 0.15) is 21.3 Å². The van der Waals surface area contributed by atoms with Crippen molar-refractivity contribution in [1.82, 2.24) is 0 Å². The predicted molar refractivity (Wildman–Crippen MR) is 137 cm³/mol. The van der Waals surface area contributed by atoms with Crippen molar-refractivity contribution >= 4 is 40.6 Å². The second kappa shape index (κ2) is 10.1. The normalized spacial score (nSPS) is 15.2. The van der Waals surface area contributed by atoms with Gasteiger partial charge < -0.3 is 19.7 Å². The molecule has 1 N–H and O–H groups in total. The summed E-state index contributed by atoms with van der Waals surface area (Å²) in [5.41, 5.74) is 4.04. The van der Waals surface area contributed by atoms with Crippen LogP contribution in [0.3, 0.4) is 0 Å². The van der Waals surface area contributed by atoms with Crippen molar-refractivity contribution in [2.75, 3.05) is 49.2 Å². The Labute approximate surface area is 203 Å². The van der Waals surface area contributed by atoms with Crippen LogP contribution < -0.4 is 24.6 Å². The van der Waals surface area contributed by atoms with E-state index in [1.165, 1.54) is 0 Å². The summed E-state index contributed by atoms with van der Waals surface area (Å²) in [5, 5.41) is 2.78. The molecule has 1 fully saturated rings.